The van der Waals surface area contributed by atoms with E-state index in [2.05, 4.69) is 51.7 Å². The summed E-state index contributed by atoms with van der Waals surface area (Å²) in [6, 6.07) is 7.29. The molecule has 0 atom stereocenters. The van der Waals surface area contributed by atoms with Gasteiger partial charge in [0.2, 0.25) is 17.6 Å². The highest BCUT2D eigenvalue weighted by Gasteiger charge is 2.21. The van der Waals surface area contributed by atoms with Gasteiger partial charge in [-0.15, -0.1) is 10.2 Å². The molecule has 1 aromatic carbocycles. The van der Waals surface area contributed by atoms with Crippen molar-refractivity contribution in [3.63, 3.8) is 0 Å². The monoisotopic (exact) mass is 451 g/mol. The summed E-state index contributed by atoms with van der Waals surface area (Å²) in [5.41, 5.74) is 0.961. The highest BCUT2D eigenvalue weighted by molar-refractivity contribution is 9.10. The van der Waals surface area contributed by atoms with Gasteiger partial charge in [-0.3, -0.25) is 9.59 Å². The van der Waals surface area contributed by atoms with E-state index in [1.165, 1.54) is 18.7 Å². The Balaban J connectivity index is 1.65. The van der Waals surface area contributed by atoms with E-state index in [0.717, 1.165) is 4.47 Å². The van der Waals surface area contributed by atoms with E-state index in [1.54, 1.807) is 23.7 Å². The van der Waals surface area contributed by atoms with Crippen molar-refractivity contribution >= 4 is 51.0 Å². The second kappa shape index (κ2) is 8.31. The lowest BCUT2D eigenvalue weighted by molar-refractivity contribution is -0.114. The van der Waals surface area contributed by atoms with Crippen molar-refractivity contribution < 1.29 is 14.2 Å². The van der Waals surface area contributed by atoms with Crippen LogP contribution in [-0.2, 0) is 16.6 Å². The summed E-state index contributed by atoms with van der Waals surface area (Å²) >= 11 is 4.56. The van der Waals surface area contributed by atoms with E-state index < -0.39 is 0 Å². The average molecular weight is 452 g/mol. The number of thioether (sulfide) groups is 1. The molecular weight excluding hydrogens is 438 g/mol. The molecule has 3 aromatic rings. The van der Waals surface area contributed by atoms with Gasteiger partial charge in [0.15, 0.2) is 16.7 Å². The van der Waals surface area contributed by atoms with Crippen molar-refractivity contribution in [1.29, 1.82) is 0 Å². The summed E-state index contributed by atoms with van der Waals surface area (Å²) in [4.78, 5) is 23.3. The van der Waals surface area contributed by atoms with Crippen LogP contribution in [0.3, 0.4) is 0 Å². The third-order valence-electron chi connectivity index (χ3n) is 3.29. The van der Waals surface area contributed by atoms with Crippen LogP contribution in [0, 0.1) is 0 Å². The molecule has 0 spiro atoms. The van der Waals surface area contributed by atoms with Gasteiger partial charge in [-0.05, 0) is 34.6 Å². The molecule has 2 N–H and O–H groups in total. The molecule has 2 amide bonds. The van der Waals surface area contributed by atoms with E-state index in [4.69, 9.17) is 0 Å². The zero-order chi connectivity index (χ0) is 19.4. The molecule has 2 aromatic heterocycles. The Morgan fingerprint density at radius 3 is 2.63 bits per heavy atom. The van der Waals surface area contributed by atoms with Crippen LogP contribution in [0.1, 0.15) is 6.92 Å². The maximum absolute atomic E-state index is 12.1. The molecule has 140 valence electrons. The minimum Gasteiger partial charge on any atom is -0.325 e. The number of halogens is 1. The molecule has 0 saturated carbocycles. The van der Waals surface area contributed by atoms with Gasteiger partial charge in [-0.25, -0.2) is 4.63 Å². The number of carbonyl (C=O) groups excluding carboxylic acids is 2. The Labute approximate surface area is 166 Å². The molecule has 0 aliphatic heterocycles. The lowest BCUT2D eigenvalue weighted by Crippen LogP contribution is -2.14. The van der Waals surface area contributed by atoms with Gasteiger partial charge < -0.3 is 15.2 Å². The van der Waals surface area contributed by atoms with E-state index in [9.17, 15) is 9.59 Å². The molecule has 0 fully saturated rings. The lowest BCUT2D eigenvalue weighted by atomic mass is 10.3. The fourth-order valence-electron chi connectivity index (χ4n) is 2.09. The third-order valence-corrected chi connectivity index (χ3v) is 4.84. The van der Waals surface area contributed by atoms with Gasteiger partial charge in [0.1, 0.15) is 0 Å². The maximum atomic E-state index is 12.1. The zero-order valence-electron chi connectivity index (χ0n) is 14.3. The van der Waals surface area contributed by atoms with Crippen molar-refractivity contribution in [2.45, 2.75) is 12.1 Å². The molecule has 0 unspecified atom stereocenters. The van der Waals surface area contributed by atoms with Crippen LogP contribution in [0.15, 0.2) is 38.5 Å². The van der Waals surface area contributed by atoms with Gasteiger partial charge in [0, 0.05) is 24.1 Å². The van der Waals surface area contributed by atoms with E-state index in [-0.39, 0.29) is 29.1 Å². The van der Waals surface area contributed by atoms with Crippen molar-refractivity contribution in [2.24, 2.45) is 7.05 Å². The fourth-order valence-corrected chi connectivity index (χ4v) is 3.07. The lowest BCUT2D eigenvalue weighted by Gasteiger charge is -2.05. The Kier molecular flexibility index (Phi) is 5.86. The van der Waals surface area contributed by atoms with Crippen LogP contribution < -0.4 is 10.6 Å². The summed E-state index contributed by atoms with van der Waals surface area (Å²) < 4.78 is 7.24. The van der Waals surface area contributed by atoms with Gasteiger partial charge >= 0.3 is 0 Å². The Hall–Kier alpha value is -2.73. The average Bonchev–Trinajstić information content (AvgIpc) is 3.21. The number of anilines is 2. The summed E-state index contributed by atoms with van der Waals surface area (Å²) in [7, 11) is 1.72. The quantitative estimate of drug-likeness (QED) is 0.546. The van der Waals surface area contributed by atoms with Gasteiger partial charge in [0.05, 0.1) is 5.75 Å². The number of benzene rings is 1. The number of hydrogen-bond donors (Lipinski definition) is 2. The molecule has 0 aliphatic rings. The number of nitrogens with zero attached hydrogens (tertiary/aromatic N) is 5. The van der Waals surface area contributed by atoms with Gasteiger partial charge in [-0.1, -0.05) is 27.7 Å². The van der Waals surface area contributed by atoms with Crippen LogP contribution in [-0.4, -0.2) is 42.6 Å². The third kappa shape index (κ3) is 4.71. The van der Waals surface area contributed by atoms with Crippen molar-refractivity contribution in [3.05, 3.63) is 28.7 Å². The largest absolute Gasteiger partial charge is 0.325 e. The van der Waals surface area contributed by atoms with Crippen LogP contribution in [0.25, 0.3) is 11.5 Å². The number of carbonyl (C=O) groups is 2. The first-order valence-electron chi connectivity index (χ1n) is 7.62. The van der Waals surface area contributed by atoms with Gasteiger partial charge in [-0.2, -0.15) is 0 Å². The molecule has 0 saturated heterocycles. The SMILES string of the molecule is CC(=O)Nc1nonc1-c1nnc(SCC(=O)Nc2ccc(Br)cc2)n1C. The summed E-state index contributed by atoms with van der Waals surface area (Å²) in [6.45, 7) is 1.35. The fraction of sp³-hybridized carbons (Fsp3) is 0.200. The van der Waals surface area contributed by atoms with E-state index in [0.29, 0.717) is 16.7 Å². The van der Waals surface area contributed by atoms with Crippen LogP contribution >= 0.6 is 27.7 Å². The second-order valence-corrected chi connectivity index (χ2v) is 7.21. The second-order valence-electron chi connectivity index (χ2n) is 5.35. The molecule has 3 rings (SSSR count). The van der Waals surface area contributed by atoms with Crippen LogP contribution in [0.2, 0.25) is 0 Å². The summed E-state index contributed by atoms with van der Waals surface area (Å²) in [6.07, 6.45) is 0. The molecule has 27 heavy (non-hydrogen) atoms. The predicted octanol–water partition coefficient (Wildman–Crippen LogP) is 2.32. The first-order chi connectivity index (χ1) is 12.9. The predicted molar refractivity (Wildman–Crippen MR) is 102 cm³/mol. The minimum atomic E-state index is -0.312. The molecule has 0 aliphatic carbocycles. The molecule has 2 heterocycles. The van der Waals surface area contributed by atoms with Gasteiger partial charge in [0.25, 0.3) is 0 Å². The van der Waals surface area contributed by atoms with Crippen molar-refractivity contribution in [3.8, 4) is 11.5 Å². The standard InChI is InChI=1S/C15H14BrN7O3S/c1-8(24)17-13-12(21-26-22-13)14-19-20-15(23(14)2)27-7-11(25)18-10-5-3-9(16)4-6-10/h3-6H,7H2,1-2H3,(H,18,25)(H,17,22,24). The smallest absolute Gasteiger partial charge is 0.234 e. The number of hydrogen-bond acceptors (Lipinski definition) is 8. The Morgan fingerprint density at radius 1 is 1.19 bits per heavy atom. The molecule has 0 bridgehead atoms. The van der Waals surface area contributed by atoms with Crippen LogP contribution in [0.4, 0.5) is 11.5 Å². The Morgan fingerprint density at radius 2 is 1.93 bits per heavy atom. The number of rotatable bonds is 6. The van der Waals surface area contributed by atoms with Crippen LogP contribution in [0.5, 0.6) is 0 Å². The van der Waals surface area contributed by atoms with Crippen molar-refractivity contribution in [2.75, 3.05) is 16.4 Å². The zero-order valence-corrected chi connectivity index (χ0v) is 16.7. The van der Waals surface area contributed by atoms with E-state index in [1.807, 2.05) is 12.1 Å². The Bertz CT molecular complexity index is 970. The highest BCUT2D eigenvalue weighted by Crippen LogP contribution is 2.26. The number of nitrogens with one attached hydrogen (secondary N) is 2. The number of aromatic nitrogens is 5. The molecule has 10 nitrogen and oxygen atoms in total. The first kappa shape index (κ1) is 19.0. The first-order valence-corrected chi connectivity index (χ1v) is 9.40. The summed E-state index contributed by atoms with van der Waals surface area (Å²) in [5.74, 6) is 0.179. The molecular formula is C15H14BrN7O3S. The molecule has 0 radical (unpaired) electrons. The topological polar surface area (TPSA) is 128 Å². The number of amides is 2. The maximum Gasteiger partial charge on any atom is 0.234 e. The highest BCUT2D eigenvalue weighted by atomic mass is 79.9. The van der Waals surface area contributed by atoms with E-state index >= 15 is 0 Å². The molecule has 12 heteroatoms. The summed E-state index contributed by atoms with van der Waals surface area (Å²) in [5, 5.41) is 21.3. The van der Waals surface area contributed by atoms with Crippen molar-refractivity contribution in [1.82, 2.24) is 25.1 Å². The minimum absolute atomic E-state index is 0.150. The normalized spacial score (nSPS) is 10.6.